The summed E-state index contributed by atoms with van der Waals surface area (Å²) >= 11 is 0. The van der Waals surface area contributed by atoms with Gasteiger partial charge in [0.1, 0.15) is 6.04 Å². The van der Waals surface area contributed by atoms with Gasteiger partial charge in [-0.25, -0.2) is 8.42 Å². The maximum atomic E-state index is 13.0. The summed E-state index contributed by atoms with van der Waals surface area (Å²) in [5.74, 6) is -0.688. The average Bonchev–Trinajstić information content (AvgIpc) is 2.89. The lowest BCUT2D eigenvalue weighted by Gasteiger charge is -2.25. The van der Waals surface area contributed by atoms with Gasteiger partial charge in [0.2, 0.25) is 15.9 Å². The standard InChI is InChI=1S/C27H29N3O4S/c31-25(20-21-14-16-24(17-15-21)35(33,34)30-18-8-3-9-19-30)29-26(22-10-4-1-5-11-22)27(32)28-23-12-6-2-7-13-23/h1-2,4-7,10-17,26H,3,8-9,18-20H2,(H,28,32)(H,29,31). The van der Waals surface area contributed by atoms with Gasteiger partial charge >= 0.3 is 0 Å². The molecule has 1 atom stereocenters. The number of benzene rings is 3. The molecule has 1 aliphatic rings. The molecule has 0 spiro atoms. The zero-order valence-corrected chi connectivity index (χ0v) is 20.2. The van der Waals surface area contributed by atoms with Gasteiger partial charge in [-0.3, -0.25) is 9.59 Å². The number of para-hydroxylation sites is 1. The van der Waals surface area contributed by atoms with Crippen LogP contribution >= 0.6 is 0 Å². The zero-order chi connectivity index (χ0) is 24.7. The maximum Gasteiger partial charge on any atom is 0.251 e. The SMILES string of the molecule is O=C(Cc1ccc(S(=O)(=O)N2CCCCC2)cc1)NC(C(=O)Nc1ccccc1)c1ccccc1. The number of nitrogens with one attached hydrogen (secondary N) is 2. The third-order valence-electron chi connectivity index (χ3n) is 5.98. The Kier molecular flexibility index (Phi) is 7.94. The predicted molar refractivity (Wildman–Crippen MR) is 135 cm³/mol. The summed E-state index contributed by atoms with van der Waals surface area (Å²) in [6.45, 7) is 1.08. The molecule has 2 N–H and O–H groups in total. The average molecular weight is 492 g/mol. The lowest BCUT2D eigenvalue weighted by atomic mass is 10.0. The fourth-order valence-corrected chi connectivity index (χ4v) is 5.63. The molecule has 3 aromatic carbocycles. The summed E-state index contributed by atoms with van der Waals surface area (Å²) in [5, 5.41) is 5.66. The van der Waals surface area contributed by atoms with Crippen molar-refractivity contribution in [2.45, 2.75) is 36.6 Å². The van der Waals surface area contributed by atoms with Gasteiger partial charge in [-0.2, -0.15) is 4.31 Å². The molecular weight excluding hydrogens is 462 g/mol. The van der Waals surface area contributed by atoms with E-state index in [9.17, 15) is 18.0 Å². The van der Waals surface area contributed by atoms with Crippen molar-refractivity contribution in [1.29, 1.82) is 0 Å². The molecule has 0 radical (unpaired) electrons. The van der Waals surface area contributed by atoms with Crippen LogP contribution in [-0.2, 0) is 26.0 Å². The number of piperidine rings is 1. The molecule has 4 rings (SSSR count). The minimum atomic E-state index is -3.52. The second-order valence-corrected chi connectivity index (χ2v) is 10.5. The van der Waals surface area contributed by atoms with Crippen molar-refractivity contribution in [2.24, 2.45) is 0 Å². The number of rotatable bonds is 8. The maximum absolute atomic E-state index is 13.0. The summed E-state index contributed by atoms with van der Waals surface area (Å²) in [4.78, 5) is 26.1. The van der Waals surface area contributed by atoms with E-state index >= 15 is 0 Å². The molecule has 182 valence electrons. The Morgan fingerprint density at radius 2 is 1.40 bits per heavy atom. The number of amides is 2. The van der Waals surface area contributed by atoms with Gasteiger partial charge in [-0.1, -0.05) is 67.1 Å². The van der Waals surface area contributed by atoms with Gasteiger partial charge < -0.3 is 10.6 Å². The van der Waals surface area contributed by atoms with E-state index in [1.165, 1.54) is 4.31 Å². The van der Waals surface area contributed by atoms with Gasteiger partial charge in [0.05, 0.1) is 11.3 Å². The number of nitrogens with zero attached hydrogens (tertiary/aromatic N) is 1. The van der Waals surface area contributed by atoms with Gasteiger partial charge in [0, 0.05) is 18.8 Å². The smallest absolute Gasteiger partial charge is 0.251 e. The quantitative estimate of drug-likeness (QED) is 0.500. The Morgan fingerprint density at radius 1 is 0.800 bits per heavy atom. The van der Waals surface area contributed by atoms with E-state index in [1.807, 2.05) is 36.4 Å². The second kappa shape index (κ2) is 11.3. The number of hydrogen-bond donors (Lipinski definition) is 2. The highest BCUT2D eigenvalue weighted by atomic mass is 32.2. The van der Waals surface area contributed by atoms with Crippen LogP contribution in [0.4, 0.5) is 5.69 Å². The number of sulfonamides is 1. The molecule has 7 nitrogen and oxygen atoms in total. The highest BCUT2D eigenvalue weighted by Crippen LogP contribution is 2.21. The number of hydrogen-bond acceptors (Lipinski definition) is 4. The van der Waals surface area contributed by atoms with Gasteiger partial charge in [0.25, 0.3) is 5.91 Å². The van der Waals surface area contributed by atoms with Crippen LogP contribution in [0.2, 0.25) is 0 Å². The van der Waals surface area contributed by atoms with Crippen molar-refractivity contribution >= 4 is 27.5 Å². The van der Waals surface area contributed by atoms with Crippen molar-refractivity contribution in [1.82, 2.24) is 9.62 Å². The molecule has 1 fully saturated rings. The van der Waals surface area contributed by atoms with Crippen LogP contribution in [0.5, 0.6) is 0 Å². The summed E-state index contributed by atoms with van der Waals surface area (Å²) in [6.07, 6.45) is 2.81. The largest absolute Gasteiger partial charge is 0.340 e. The fourth-order valence-electron chi connectivity index (χ4n) is 4.11. The first kappa shape index (κ1) is 24.6. The normalized spacial score (nSPS) is 15.2. The fraction of sp³-hybridized carbons (Fsp3) is 0.259. The molecule has 8 heteroatoms. The molecule has 3 aromatic rings. The van der Waals surface area contributed by atoms with Crippen molar-refractivity contribution in [2.75, 3.05) is 18.4 Å². The third-order valence-corrected chi connectivity index (χ3v) is 7.90. The van der Waals surface area contributed by atoms with Crippen LogP contribution in [0.25, 0.3) is 0 Å². The summed E-state index contributed by atoms with van der Waals surface area (Å²) in [6, 6.07) is 23.6. The molecule has 0 saturated carbocycles. The van der Waals surface area contributed by atoms with E-state index in [-0.39, 0.29) is 23.1 Å². The van der Waals surface area contributed by atoms with E-state index < -0.39 is 16.1 Å². The number of anilines is 1. The number of carbonyl (C=O) groups is 2. The van der Waals surface area contributed by atoms with Crippen molar-refractivity contribution in [3.8, 4) is 0 Å². The first-order valence-corrected chi connectivity index (χ1v) is 13.2. The molecule has 2 amide bonds. The molecule has 35 heavy (non-hydrogen) atoms. The third kappa shape index (κ3) is 6.35. The highest BCUT2D eigenvalue weighted by molar-refractivity contribution is 7.89. The molecule has 1 saturated heterocycles. The zero-order valence-electron chi connectivity index (χ0n) is 19.4. The summed E-state index contributed by atoms with van der Waals surface area (Å²) in [5.41, 5.74) is 1.96. The van der Waals surface area contributed by atoms with E-state index in [4.69, 9.17) is 0 Å². The predicted octanol–water partition coefficient (Wildman–Crippen LogP) is 3.90. The van der Waals surface area contributed by atoms with Crippen LogP contribution in [0.3, 0.4) is 0 Å². The summed E-state index contributed by atoms with van der Waals surface area (Å²) < 4.78 is 27.2. The highest BCUT2D eigenvalue weighted by Gasteiger charge is 2.26. The van der Waals surface area contributed by atoms with Gasteiger partial charge in [-0.15, -0.1) is 0 Å². The minimum absolute atomic E-state index is 0.0198. The van der Waals surface area contributed by atoms with E-state index in [2.05, 4.69) is 10.6 Å². The van der Waals surface area contributed by atoms with Crippen LogP contribution in [0, 0.1) is 0 Å². The van der Waals surface area contributed by atoms with Crippen LogP contribution in [0.15, 0.2) is 89.8 Å². The van der Waals surface area contributed by atoms with Crippen molar-refractivity contribution in [3.63, 3.8) is 0 Å². The molecular formula is C27H29N3O4S. The molecule has 0 aliphatic carbocycles. The van der Waals surface area contributed by atoms with Gasteiger partial charge in [-0.05, 0) is 48.2 Å². The molecule has 0 bridgehead atoms. The van der Waals surface area contributed by atoms with Crippen molar-refractivity contribution in [3.05, 3.63) is 96.1 Å². The minimum Gasteiger partial charge on any atom is -0.340 e. The van der Waals surface area contributed by atoms with E-state index in [0.717, 1.165) is 19.3 Å². The first-order chi connectivity index (χ1) is 16.9. The van der Waals surface area contributed by atoms with Crippen LogP contribution in [-0.4, -0.2) is 37.6 Å². The summed E-state index contributed by atoms with van der Waals surface area (Å²) in [7, 11) is -3.52. The van der Waals surface area contributed by atoms with E-state index in [1.54, 1.807) is 48.5 Å². The lowest BCUT2D eigenvalue weighted by Crippen LogP contribution is -2.37. The lowest BCUT2D eigenvalue weighted by molar-refractivity contribution is -0.126. The monoisotopic (exact) mass is 491 g/mol. The molecule has 1 aliphatic heterocycles. The Bertz CT molecular complexity index is 1240. The Hall–Kier alpha value is -3.49. The molecule has 1 heterocycles. The Morgan fingerprint density at radius 3 is 2.03 bits per heavy atom. The molecule has 0 aromatic heterocycles. The Balaban J connectivity index is 1.44. The Labute approximate surface area is 206 Å². The first-order valence-electron chi connectivity index (χ1n) is 11.7. The molecule has 1 unspecified atom stereocenters. The van der Waals surface area contributed by atoms with Gasteiger partial charge in [0.15, 0.2) is 0 Å². The topological polar surface area (TPSA) is 95.6 Å². The van der Waals surface area contributed by atoms with Crippen LogP contribution in [0.1, 0.15) is 36.4 Å². The van der Waals surface area contributed by atoms with Crippen molar-refractivity contribution < 1.29 is 18.0 Å². The second-order valence-electron chi connectivity index (χ2n) is 8.55. The van der Waals surface area contributed by atoms with Crippen LogP contribution < -0.4 is 10.6 Å². The number of carbonyl (C=O) groups excluding carboxylic acids is 2. The van der Waals surface area contributed by atoms with E-state index in [0.29, 0.717) is 29.9 Å².